The van der Waals surface area contributed by atoms with Crippen LogP contribution in [0.15, 0.2) is 18.2 Å². The van der Waals surface area contributed by atoms with Crippen LogP contribution in [0.5, 0.6) is 0 Å². The molecule has 0 atom stereocenters. The Morgan fingerprint density at radius 1 is 1.42 bits per heavy atom. The molecule has 0 aliphatic rings. The molecule has 19 heavy (non-hydrogen) atoms. The zero-order valence-corrected chi connectivity index (χ0v) is 10.9. The standard InChI is InChI=1S/C13H14FN3O2/c1-7(2)12-15-11(13(18)19)16-17(12)10-6-9(14)5-4-8(10)3/h4-7H,1-3H3,(H,18,19). The summed E-state index contributed by atoms with van der Waals surface area (Å²) in [5.74, 6) is -1.42. The van der Waals surface area contributed by atoms with Gasteiger partial charge in [-0.2, -0.15) is 0 Å². The lowest BCUT2D eigenvalue weighted by Gasteiger charge is -2.10. The largest absolute Gasteiger partial charge is 0.475 e. The van der Waals surface area contributed by atoms with Crippen molar-refractivity contribution in [3.8, 4) is 5.69 Å². The smallest absolute Gasteiger partial charge is 0.375 e. The number of hydrogen-bond donors (Lipinski definition) is 1. The van der Waals surface area contributed by atoms with Crippen molar-refractivity contribution in [2.24, 2.45) is 0 Å². The summed E-state index contributed by atoms with van der Waals surface area (Å²) in [4.78, 5) is 14.9. The minimum atomic E-state index is -1.20. The molecule has 1 aromatic heterocycles. The molecule has 2 rings (SSSR count). The molecule has 1 heterocycles. The van der Waals surface area contributed by atoms with Crippen LogP contribution in [0.3, 0.4) is 0 Å². The zero-order valence-electron chi connectivity index (χ0n) is 10.9. The number of carbonyl (C=O) groups is 1. The molecule has 1 aromatic carbocycles. The lowest BCUT2D eigenvalue weighted by molar-refractivity contribution is 0.0683. The Hall–Kier alpha value is -2.24. The summed E-state index contributed by atoms with van der Waals surface area (Å²) in [6, 6.07) is 4.29. The molecule has 0 amide bonds. The van der Waals surface area contributed by atoms with Gasteiger partial charge in [0, 0.05) is 5.92 Å². The molecule has 0 unspecified atom stereocenters. The van der Waals surface area contributed by atoms with Crippen LogP contribution in [0, 0.1) is 12.7 Å². The maximum atomic E-state index is 13.4. The quantitative estimate of drug-likeness (QED) is 0.924. The van der Waals surface area contributed by atoms with Crippen molar-refractivity contribution < 1.29 is 14.3 Å². The average Bonchev–Trinajstić information content (AvgIpc) is 2.77. The van der Waals surface area contributed by atoms with Gasteiger partial charge in [0.2, 0.25) is 0 Å². The molecule has 1 N–H and O–H groups in total. The molecule has 0 aliphatic heterocycles. The van der Waals surface area contributed by atoms with E-state index in [-0.39, 0.29) is 11.7 Å². The van der Waals surface area contributed by atoms with Gasteiger partial charge in [0.15, 0.2) is 0 Å². The van der Waals surface area contributed by atoms with E-state index in [9.17, 15) is 9.18 Å². The first-order chi connectivity index (χ1) is 8.90. The molecular weight excluding hydrogens is 249 g/mol. The Balaban J connectivity index is 2.66. The fraction of sp³-hybridized carbons (Fsp3) is 0.308. The molecule has 5 nitrogen and oxygen atoms in total. The van der Waals surface area contributed by atoms with Gasteiger partial charge in [-0.3, -0.25) is 0 Å². The van der Waals surface area contributed by atoms with E-state index in [4.69, 9.17) is 5.11 Å². The molecule has 0 fully saturated rings. The third kappa shape index (κ3) is 2.47. The number of carboxylic acids is 1. The van der Waals surface area contributed by atoms with E-state index in [1.165, 1.54) is 16.8 Å². The number of hydrogen-bond acceptors (Lipinski definition) is 3. The van der Waals surface area contributed by atoms with Crippen molar-refractivity contribution in [2.45, 2.75) is 26.7 Å². The van der Waals surface area contributed by atoms with E-state index in [2.05, 4.69) is 10.1 Å². The summed E-state index contributed by atoms with van der Waals surface area (Å²) in [5.41, 5.74) is 1.30. The molecule has 100 valence electrons. The molecule has 0 saturated carbocycles. The molecule has 0 aliphatic carbocycles. The second-order valence-corrected chi connectivity index (χ2v) is 4.60. The van der Waals surface area contributed by atoms with Crippen LogP contribution in [0.1, 0.15) is 41.8 Å². The Morgan fingerprint density at radius 3 is 2.68 bits per heavy atom. The normalized spacial score (nSPS) is 11.0. The van der Waals surface area contributed by atoms with E-state index in [1.807, 2.05) is 13.8 Å². The highest BCUT2D eigenvalue weighted by Gasteiger charge is 2.19. The summed E-state index contributed by atoms with van der Waals surface area (Å²) in [6.07, 6.45) is 0. The Morgan fingerprint density at radius 2 is 2.11 bits per heavy atom. The number of aromatic carboxylic acids is 1. The molecule has 0 bridgehead atoms. The van der Waals surface area contributed by atoms with Crippen molar-refractivity contribution in [1.29, 1.82) is 0 Å². The zero-order chi connectivity index (χ0) is 14.2. The number of benzene rings is 1. The summed E-state index contributed by atoms with van der Waals surface area (Å²) in [7, 11) is 0. The van der Waals surface area contributed by atoms with E-state index in [0.29, 0.717) is 11.5 Å². The molecule has 0 saturated heterocycles. The van der Waals surface area contributed by atoms with Gasteiger partial charge in [0.05, 0.1) is 5.69 Å². The fourth-order valence-electron chi connectivity index (χ4n) is 1.78. The summed E-state index contributed by atoms with van der Waals surface area (Å²) in [5, 5.41) is 12.9. The van der Waals surface area contributed by atoms with Gasteiger partial charge in [0.1, 0.15) is 11.6 Å². The van der Waals surface area contributed by atoms with Crippen LogP contribution in [0.2, 0.25) is 0 Å². The van der Waals surface area contributed by atoms with Gasteiger partial charge in [-0.15, -0.1) is 5.10 Å². The number of aromatic nitrogens is 3. The van der Waals surface area contributed by atoms with Crippen LogP contribution in [-0.2, 0) is 0 Å². The maximum Gasteiger partial charge on any atom is 0.375 e. The highest BCUT2D eigenvalue weighted by molar-refractivity contribution is 5.83. The number of halogens is 1. The summed E-state index contributed by atoms with van der Waals surface area (Å²) < 4.78 is 14.7. The summed E-state index contributed by atoms with van der Waals surface area (Å²) >= 11 is 0. The minimum Gasteiger partial charge on any atom is -0.475 e. The first-order valence-electron chi connectivity index (χ1n) is 5.87. The van der Waals surface area contributed by atoms with Gasteiger partial charge >= 0.3 is 5.97 Å². The van der Waals surface area contributed by atoms with Gasteiger partial charge in [-0.1, -0.05) is 19.9 Å². The van der Waals surface area contributed by atoms with Gasteiger partial charge in [-0.25, -0.2) is 18.9 Å². The second kappa shape index (κ2) is 4.79. The monoisotopic (exact) mass is 263 g/mol. The highest BCUT2D eigenvalue weighted by atomic mass is 19.1. The first kappa shape index (κ1) is 13.2. The van der Waals surface area contributed by atoms with Gasteiger partial charge < -0.3 is 5.11 Å². The molecule has 6 heteroatoms. The predicted molar refractivity (Wildman–Crippen MR) is 67.1 cm³/mol. The summed E-state index contributed by atoms with van der Waals surface area (Å²) in [6.45, 7) is 5.56. The third-order valence-corrected chi connectivity index (χ3v) is 2.74. The maximum absolute atomic E-state index is 13.4. The third-order valence-electron chi connectivity index (χ3n) is 2.74. The van der Waals surface area contributed by atoms with Crippen molar-refractivity contribution >= 4 is 5.97 Å². The number of aryl methyl sites for hydroxylation is 1. The van der Waals surface area contributed by atoms with E-state index >= 15 is 0 Å². The highest BCUT2D eigenvalue weighted by Crippen LogP contribution is 2.21. The van der Waals surface area contributed by atoms with Gasteiger partial charge in [-0.05, 0) is 24.6 Å². The first-order valence-corrected chi connectivity index (χ1v) is 5.87. The van der Waals surface area contributed by atoms with E-state index in [0.717, 1.165) is 5.56 Å². The second-order valence-electron chi connectivity index (χ2n) is 4.60. The predicted octanol–water partition coefficient (Wildman–Crippen LogP) is 2.54. The van der Waals surface area contributed by atoms with Crippen LogP contribution >= 0.6 is 0 Å². The number of carboxylic acid groups (broad SMARTS) is 1. The number of rotatable bonds is 3. The van der Waals surface area contributed by atoms with Crippen LogP contribution in [0.4, 0.5) is 4.39 Å². The lowest BCUT2D eigenvalue weighted by Crippen LogP contribution is -2.07. The van der Waals surface area contributed by atoms with Crippen molar-refractivity contribution in [2.75, 3.05) is 0 Å². The topological polar surface area (TPSA) is 68.0 Å². The Bertz CT molecular complexity index is 635. The fourth-order valence-corrected chi connectivity index (χ4v) is 1.78. The Labute approximate surface area is 109 Å². The van der Waals surface area contributed by atoms with Crippen molar-refractivity contribution in [3.63, 3.8) is 0 Å². The molecular formula is C13H14FN3O2. The number of nitrogens with zero attached hydrogens (tertiary/aromatic N) is 3. The van der Waals surface area contributed by atoms with Crippen molar-refractivity contribution in [3.05, 3.63) is 41.2 Å². The molecule has 2 aromatic rings. The van der Waals surface area contributed by atoms with Crippen LogP contribution < -0.4 is 0 Å². The average molecular weight is 263 g/mol. The minimum absolute atomic E-state index is 0.0248. The van der Waals surface area contributed by atoms with Crippen LogP contribution in [-0.4, -0.2) is 25.8 Å². The molecule has 0 spiro atoms. The SMILES string of the molecule is Cc1ccc(F)cc1-n1nc(C(=O)O)nc1C(C)C. The molecule has 0 radical (unpaired) electrons. The van der Waals surface area contributed by atoms with Gasteiger partial charge in [0.25, 0.3) is 5.82 Å². The van der Waals surface area contributed by atoms with Crippen molar-refractivity contribution in [1.82, 2.24) is 14.8 Å². The van der Waals surface area contributed by atoms with Crippen LogP contribution in [0.25, 0.3) is 5.69 Å². The lowest BCUT2D eigenvalue weighted by atomic mass is 10.1. The Kier molecular flexibility index (Phi) is 3.33. The van der Waals surface area contributed by atoms with E-state index in [1.54, 1.807) is 13.0 Å². The van der Waals surface area contributed by atoms with E-state index < -0.39 is 11.8 Å².